The predicted octanol–water partition coefficient (Wildman–Crippen LogP) is 3.91. The molecule has 0 aliphatic rings. The molecule has 8 heteroatoms. The zero-order valence-corrected chi connectivity index (χ0v) is 13.7. The lowest BCUT2D eigenvalue weighted by Crippen LogP contribution is -2.14. The summed E-state index contributed by atoms with van der Waals surface area (Å²) in [6.07, 6.45) is 0. The molecule has 0 spiro atoms. The smallest absolute Gasteiger partial charge is 0.261 e. The van der Waals surface area contributed by atoms with Crippen molar-refractivity contribution in [3.05, 3.63) is 57.0 Å². The highest BCUT2D eigenvalue weighted by molar-refractivity contribution is 7.92. The SMILES string of the molecule is NCc1cc(S(=O)(=O)Nc2c(Cl)cccc2Cl)ccc1Cl. The molecule has 0 heterocycles. The molecule has 0 saturated carbocycles. The van der Waals surface area contributed by atoms with Crippen molar-refractivity contribution >= 4 is 50.5 Å². The molecule has 2 aromatic carbocycles. The Kier molecular flexibility index (Phi) is 5.01. The highest BCUT2D eigenvalue weighted by Gasteiger charge is 2.18. The largest absolute Gasteiger partial charge is 0.326 e. The Balaban J connectivity index is 2.44. The van der Waals surface area contributed by atoms with E-state index in [2.05, 4.69) is 4.72 Å². The van der Waals surface area contributed by atoms with E-state index in [0.29, 0.717) is 10.6 Å². The first-order valence-corrected chi connectivity index (χ1v) is 8.42. The van der Waals surface area contributed by atoms with E-state index in [1.54, 1.807) is 18.2 Å². The van der Waals surface area contributed by atoms with Crippen molar-refractivity contribution in [3.63, 3.8) is 0 Å². The molecule has 0 atom stereocenters. The summed E-state index contributed by atoms with van der Waals surface area (Å²) in [6.45, 7) is 0.134. The highest BCUT2D eigenvalue weighted by atomic mass is 35.5. The summed E-state index contributed by atoms with van der Waals surface area (Å²) in [5, 5.41) is 0.824. The number of halogens is 3. The van der Waals surface area contributed by atoms with Crippen molar-refractivity contribution in [3.8, 4) is 0 Å². The van der Waals surface area contributed by atoms with Gasteiger partial charge in [0.1, 0.15) is 0 Å². The van der Waals surface area contributed by atoms with Gasteiger partial charge in [0.05, 0.1) is 20.6 Å². The first-order chi connectivity index (χ1) is 9.85. The second-order valence-corrected chi connectivity index (χ2v) is 7.06. The molecule has 3 N–H and O–H groups in total. The van der Waals surface area contributed by atoms with Crippen molar-refractivity contribution < 1.29 is 8.42 Å². The maximum Gasteiger partial charge on any atom is 0.261 e. The summed E-state index contributed by atoms with van der Waals surface area (Å²) < 4.78 is 27.1. The Labute approximate surface area is 137 Å². The monoisotopic (exact) mass is 364 g/mol. The predicted molar refractivity (Wildman–Crippen MR) is 86.6 cm³/mol. The summed E-state index contributed by atoms with van der Waals surface area (Å²) in [5.74, 6) is 0. The topological polar surface area (TPSA) is 72.2 Å². The fourth-order valence-corrected chi connectivity index (χ4v) is 3.61. The van der Waals surface area contributed by atoms with Crippen molar-refractivity contribution in [2.24, 2.45) is 5.73 Å². The first-order valence-electron chi connectivity index (χ1n) is 5.80. The van der Waals surface area contributed by atoms with Crippen molar-refractivity contribution in [2.45, 2.75) is 11.4 Å². The molecule has 0 unspecified atom stereocenters. The van der Waals surface area contributed by atoms with Gasteiger partial charge in [-0.2, -0.15) is 0 Å². The van der Waals surface area contributed by atoms with Crippen LogP contribution in [-0.4, -0.2) is 8.42 Å². The Morgan fingerprint density at radius 3 is 2.19 bits per heavy atom. The third-order valence-corrected chi connectivity index (χ3v) is 5.09. The van der Waals surface area contributed by atoms with E-state index in [1.807, 2.05) is 0 Å². The number of anilines is 1. The number of benzene rings is 2. The fourth-order valence-electron chi connectivity index (χ4n) is 1.66. The van der Waals surface area contributed by atoms with Gasteiger partial charge in [-0.3, -0.25) is 4.72 Å². The normalized spacial score (nSPS) is 11.4. The van der Waals surface area contributed by atoms with Crippen molar-refractivity contribution in [1.29, 1.82) is 0 Å². The lowest BCUT2D eigenvalue weighted by atomic mass is 10.2. The summed E-state index contributed by atoms with van der Waals surface area (Å²) >= 11 is 17.8. The van der Waals surface area contributed by atoms with Gasteiger partial charge < -0.3 is 5.73 Å². The number of hydrogen-bond acceptors (Lipinski definition) is 3. The number of rotatable bonds is 4. The van der Waals surface area contributed by atoms with Crippen LogP contribution in [0.15, 0.2) is 41.3 Å². The van der Waals surface area contributed by atoms with Crippen LogP contribution in [0.4, 0.5) is 5.69 Å². The maximum absolute atomic E-state index is 12.4. The Hall–Kier alpha value is -0.980. The molecule has 21 heavy (non-hydrogen) atoms. The standard InChI is InChI=1S/C13H11Cl3N2O2S/c14-10-5-4-9(6-8(10)7-17)21(19,20)18-13-11(15)2-1-3-12(13)16/h1-6,18H,7,17H2. The third-order valence-electron chi connectivity index (χ3n) is 2.75. The van der Waals surface area contributed by atoms with Crippen LogP contribution in [0.3, 0.4) is 0 Å². The van der Waals surface area contributed by atoms with E-state index < -0.39 is 10.0 Å². The number of para-hydroxylation sites is 1. The molecule has 2 aromatic rings. The van der Waals surface area contributed by atoms with E-state index >= 15 is 0 Å². The van der Waals surface area contributed by atoms with Crippen LogP contribution in [0.5, 0.6) is 0 Å². The Morgan fingerprint density at radius 2 is 1.62 bits per heavy atom. The van der Waals surface area contributed by atoms with Crippen LogP contribution < -0.4 is 10.5 Å². The Morgan fingerprint density at radius 1 is 1.00 bits per heavy atom. The summed E-state index contributed by atoms with van der Waals surface area (Å²) in [5.41, 5.74) is 6.18. The minimum atomic E-state index is -3.84. The van der Waals surface area contributed by atoms with Gasteiger partial charge in [-0.15, -0.1) is 0 Å². The van der Waals surface area contributed by atoms with E-state index in [4.69, 9.17) is 40.5 Å². The quantitative estimate of drug-likeness (QED) is 0.863. The molecular weight excluding hydrogens is 355 g/mol. The molecule has 0 saturated heterocycles. The summed E-state index contributed by atoms with van der Waals surface area (Å²) in [4.78, 5) is 0.0309. The zero-order chi connectivity index (χ0) is 15.6. The average Bonchev–Trinajstić information content (AvgIpc) is 2.43. The lowest BCUT2D eigenvalue weighted by molar-refractivity contribution is 0.601. The van der Waals surface area contributed by atoms with Gasteiger partial charge in [0, 0.05) is 11.6 Å². The molecule has 2 rings (SSSR count). The van der Waals surface area contributed by atoms with Gasteiger partial charge in [0.2, 0.25) is 0 Å². The zero-order valence-electron chi connectivity index (χ0n) is 10.6. The molecule has 0 bridgehead atoms. The fraction of sp³-hybridized carbons (Fsp3) is 0.0769. The van der Waals surface area contributed by atoms with Crippen molar-refractivity contribution in [2.75, 3.05) is 4.72 Å². The third kappa shape index (κ3) is 3.62. The summed E-state index contributed by atoms with van der Waals surface area (Å²) in [7, 11) is -3.84. The minimum absolute atomic E-state index is 0.0309. The van der Waals surface area contributed by atoms with Crippen LogP contribution in [0.2, 0.25) is 15.1 Å². The summed E-state index contributed by atoms with van der Waals surface area (Å²) in [6, 6.07) is 8.98. The maximum atomic E-state index is 12.4. The number of nitrogens with two attached hydrogens (primary N) is 1. The van der Waals surface area contributed by atoms with Gasteiger partial charge in [0.15, 0.2) is 0 Å². The van der Waals surface area contributed by atoms with Crippen LogP contribution in [-0.2, 0) is 16.6 Å². The molecular formula is C13H11Cl3N2O2S. The van der Waals surface area contributed by atoms with Crippen LogP contribution in [0.25, 0.3) is 0 Å². The number of nitrogens with one attached hydrogen (secondary N) is 1. The Bertz CT molecular complexity index is 759. The van der Waals surface area contributed by atoms with Crippen LogP contribution >= 0.6 is 34.8 Å². The molecule has 0 aliphatic heterocycles. The first kappa shape index (κ1) is 16.4. The van der Waals surface area contributed by atoms with E-state index in [9.17, 15) is 8.42 Å². The van der Waals surface area contributed by atoms with Gasteiger partial charge in [-0.05, 0) is 35.9 Å². The number of hydrogen-bond donors (Lipinski definition) is 2. The average molecular weight is 366 g/mol. The minimum Gasteiger partial charge on any atom is -0.326 e. The second-order valence-electron chi connectivity index (χ2n) is 4.16. The molecule has 112 valence electrons. The molecule has 0 amide bonds. The molecule has 0 aromatic heterocycles. The second kappa shape index (κ2) is 6.42. The van der Waals surface area contributed by atoms with E-state index in [-0.39, 0.29) is 27.2 Å². The highest BCUT2D eigenvalue weighted by Crippen LogP contribution is 2.32. The molecule has 0 radical (unpaired) electrons. The van der Waals surface area contributed by atoms with Gasteiger partial charge in [0.25, 0.3) is 10.0 Å². The number of sulfonamides is 1. The van der Waals surface area contributed by atoms with Gasteiger partial charge >= 0.3 is 0 Å². The van der Waals surface area contributed by atoms with Gasteiger partial charge in [-0.25, -0.2) is 8.42 Å². The molecule has 0 aliphatic carbocycles. The van der Waals surface area contributed by atoms with Crippen molar-refractivity contribution in [1.82, 2.24) is 0 Å². The molecule has 0 fully saturated rings. The van der Waals surface area contributed by atoms with Crippen LogP contribution in [0, 0.1) is 0 Å². The molecule has 4 nitrogen and oxygen atoms in total. The van der Waals surface area contributed by atoms with E-state index in [1.165, 1.54) is 18.2 Å². The van der Waals surface area contributed by atoms with Gasteiger partial charge in [-0.1, -0.05) is 40.9 Å². The van der Waals surface area contributed by atoms with Crippen LogP contribution in [0.1, 0.15) is 5.56 Å². The lowest BCUT2D eigenvalue weighted by Gasteiger charge is -2.12. The van der Waals surface area contributed by atoms with E-state index in [0.717, 1.165) is 0 Å².